The lowest BCUT2D eigenvalue weighted by Gasteiger charge is -2.24. The summed E-state index contributed by atoms with van der Waals surface area (Å²) in [6, 6.07) is 7.56. The van der Waals surface area contributed by atoms with Gasteiger partial charge in [0.15, 0.2) is 0 Å². The van der Waals surface area contributed by atoms with E-state index in [2.05, 4.69) is 10.6 Å². The van der Waals surface area contributed by atoms with E-state index >= 15 is 0 Å². The van der Waals surface area contributed by atoms with Crippen LogP contribution in [0.15, 0.2) is 24.3 Å². The van der Waals surface area contributed by atoms with Crippen LogP contribution in [0.5, 0.6) is 0 Å². The van der Waals surface area contributed by atoms with Crippen LogP contribution in [-0.2, 0) is 9.59 Å². The molecule has 22 heavy (non-hydrogen) atoms. The van der Waals surface area contributed by atoms with Gasteiger partial charge < -0.3 is 15.5 Å². The molecule has 6 heteroatoms. The Hall–Kier alpha value is -1.59. The van der Waals surface area contributed by atoms with E-state index in [1.807, 2.05) is 24.3 Å². The second-order valence-corrected chi connectivity index (χ2v) is 5.70. The first-order valence-electron chi connectivity index (χ1n) is 7.66. The van der Waals surface area contributed by atoms with E-state index in [0.29, 0.717) is 6.42 Å². The molecule has 0 aliphatic carbocycles. The maximum absolute atomic E-state index is 12.4. The third kappa shape index (κ3) is 3.59. The fourth-order valence-electron chi connectivity index (χ4n) is 3.03. The Bertz CT molecular complexity index is 544. The minimum atomic E-state index is 0. The summed E-state index contributed by atoms with van der Waals surface area (Å²) in [5, 5.41) is 6.26. The van der Waals surface area contributed by atoms with Crippen molar-refractivity contribution >= 4 is 35.6 Å². The first-order valence-corrected chi connectivity index (χ1v) is 7.66. The van der Waals surface area contributed by atoms with Gasteiger partial charge in [0.05, 0.1) is 17.3 Å². The van der Waals surface area contributed by atoms with E-state index in [1.165, 1.54) is 0 Å². The standard InChI is InChI=1S/C16H21N3O2.ClH/c20-15-8-4-10-19(15)14-7-2-1-6-13(14)18-16(21)12-5-3-9-17-11-12;/h1-2,6-7,12,17H,3-5,8-11H2,(H,18,21);1H. The molecule has 2 heterocycles. The SMILES string of the molecule is Cl.O=C(Nc1ccccc1N1CCCC1=O)C1CCCNC1. The quantitative estimate of drug-likeness (QED) is 0.896. The van der Waals surface area contributed by atoms with Crippen molar-refractivity contribution in [3.63, 3.8) is 0 Å². The first kappa shape index (κ1) is 16.8. The van der Waals surface area contributed by atoms with Gasteiger partial charge in [0.1, 0.15) is 0 Å². The predicted octanol–water partition coefficient (Wildman–Crippen LogP) is 2.17. The lowest BCUT2D eigenvalue weighted by atomic mass is 9.98. The molecule has 2 saturated heterocycles. The van der Waals surface area contributed by atoms with Crippen molar-refractivity contribution in [2.75, 3.05) is 29.9 Å². The van der Waals surface area contributed by atoms with Crippen molar-refractivity contribution in [2.45, 2.75) is 25.7 Å². The van der Waals surface area contributed by atoms with Gasteiger partial charge in [-0.15, -0.1) is 12.4 Å². The van der Waals surface area contributed by atoms with E-state index in [9.17, 15) is 9.59 Å². The van der Waals surface area contributed by atoms with Crippen LogP contribution in [0.2, 0.25) is 0 Å². The molecule has 1 atom stereocenters. The molecule has 2 aliphatic rings. The van der Waals surface area contributed by atoms with Gasteiger partial charge in [0.2, 0.25) is 11.8 Å². The van der Waals surface area contributed by atoms with E-state index in [4.69, 9.17) is 0 Å². The molecular weight excluding hydrogens is 302 g/mol. The van der Waals surface area contributed by atoms with Gasteiger partial charge in [-0.05, 0) is 37.9 Å². The normalized spacial score (nSPS) is 21.4. The van der Waals surface area contributed by atoms with E-state index < -0.39 is 0 Å². The van der Waals surface area contributed by atoms with Crippen LogP contribution in [0.25, 0.3) is 0 Å². The van der Waals surface area contributed by atoms with Gasteiger partial charge >= 0.3 is 0 Å². The van der Waals surface area contributed by atoms with Crippen LogP contribution in [-0.4, -0.2) is 31.4 Å². The molecular formula is C16H22ClN3O2. The first-order chi connectivity index (χ1) is 10.3. The number of rotatable bonds is 3. The van der Waals surface area contributed by atoms with Crippen molar-refractivity contribution in [1.29, 1.82) is 0 Å². The average molecular weight is 324 g/mol. The number of nitrogens with zero attached hydrogens (tertiary/aromatic N) is 1. The minimum Gasteiger partial charge on any atom is -0.324 e. The molecule has 0 aromatic heterocycles. The summed E-state index contributed by atoms with van der Waals surface area (Å²) in [5.74, 6) is 0.193. The molecule has 120 valence electrons. The van der Waals surface area contributed by atoms with Crippen LogP contribution in [0.1, 0.15) is 25.7 Å². The number of carbonyl (C=O) groups is 2. The number of anilines is 2. The Labute approximate surface area is 136 Å². The average Bonchev–Trinajstić information content (AvgIpc) is 2.95. The van der Waals surface area contributed by atoms with Gasteiger partial charge in [-0.2, -0.15) is 0 Å². The zero-order valence-electron chi connectivity index (χ0n) is 12.5. The number of hydrogen-bond acceptors (Lipinski definition) is 3. The zero-order chi connectivity index (χ0) is 14.7. The summed E-state index contributed by atoms with van der Waals surface area (Å²) < 4.78 is 0. The molecule has 0 saturated carbocycles. The summed E-state index contributed by atoms with van der Waals surface area (Å²) in [5.41, 5.74) is 1.56. The summed E-state index contributed by atoms with van der Waals surface area (Å²) in [6.45, 7) is 2.45. The van der Waals surface area contributed by atoms with Gasteiger partial charge in [-0.25, -0.2) is 0 Å². The van der Waals surface area contributed by atoms with Crippen LogP contribution in [0.3, 0.4) is 0 Å². The molecule has 2 fully saturated rings. The smallest absolute Gasteiger partial charge is 0.228 e. The lowest BCUT2D eigenvalue weighted by molar-refractivity contribution is -0.120. The Balaban J connectivity index is 0.00000176. The van der Waals surface area contributed by atoms with Gasteiger partial charge in [0.25, 0.3) is 0 Å². The highest BCUT2D eigenvalue weighted by molar-refractivity contribution is 6.02. The number of benzene rings is 1. The molecule has 5 nitrogen and oxygen atoms in total. The summed E-state index contributed by atoms with van der Waals surface area (Å²) >= 11 is 0. The predicted molar refractivity (Wildman–Crippen MR) is 89.5 cm³/mol. The molecule has 2 amide bonds. The number of carbonyl (C=O) groups excluding carboxylic acids is 2. The number of hydrogen-bond donors (Lipinski definition) is 2. The third-order valence-corrected chi connectivity index (χ3v) is 4.19. The monoisotopic (exact) mass is 323 g/mol. The van der Waals surface area contributed by atoms with Crippen molar-refractivity contribution < 1.29 is 9.59 Å². The molecule has 2 aliphatic heterocycles. The van der Waals surface area contributed by atoms with E-state index in [-0.39, 0.29) is 30.1 Å². The minimum absolute atomic E-state index is 0. The van der Waals surface area contributed by atoms with Crippen molar-refractivity contribution in [1.82, 2.24) is 5.32 Å². The van der Waals surface area contributed by atoms with E-state index in [1.54, 1.807) is 4.90 Å². The van der Waals surface area contributed by atoms with Crippen LogP contribution < -0.4 is 15.5 Å². The second kappa shape index (κ2) is 7.61. The summed E-state index contributed by atoms with van der Waals surface area (Å²) in [7, 11) is 0. The van der Waals surface area contributed by atoms with Gasteiger partial charge in [0, 0.05) is 19.5 Å². The van der Waals surface area contributed by atoms with Crippen molar-refractivity contribution in [3.8, 4) is 0 Å². The Kier molecular flexibility index (Phi) is 5.80. The lowest BCUT2D eigenvalue weighted by Crippen LogP contribution is -2.37. The van der Waals surface area contributed by atoms with Crippen LogP contribution in [0, 0.1) is 5.92 Å². The highest BCUT2D eigenvalue weighted by Crippen LogP contribution is 2.30. The number of nitrogens with one attached hydrogen (secondary N) is 2. The van der Waals surface area contributed by atoms with Gasteiger partial charge in [-0.1, -0.05) is 12.1 Å². The van der Waals surface area contributed by atoms with Crippen LogP contribution in [0.4, 0.5) is 11.4 Å². The molecule has 3 rings (SSSR count). The number of para-hydroxylation sites is 2. The Morgan fingerprint density at radius 3 is 2.77 bits per heavy atom. The maximum atomic E-state index is 12.4. The number of piperidine rings is 1. The Morgan fingerprint density at radius 1 is 1.27 bits per heavy atom. The summed E-state index contributed by atoms with van der Waals surface area (Å²) in [4.78, 5) is 26.1. The van der Waals surface area contributed by atoms with Crippen LogP contribution >= 0.6 is 12.4 Å². The fraction of sp³-hybridized carbons (Fsp3) is 0.500. The second-order valence-electron chi connectivity index (χ2n) is 5.70. The number of amides is 2. The molecule has 1 unspecified atom stereocenters. The van der Waals surface area contributed by atoms with E-state index in [0.717, 1.165) is 50.3 Å². The van der Waals surface area contributed by atoms with Gasteiger partial charge in [-0.3, -0.25) is 9.59 Å². The van der Waals surface area contributed by atoms with Crippen molar-refractivity contribution in [2.24, 2.45) is 5.92 Å². The zero-order valence-corrected chi connectivity index (χ0v) is 13.3. The third-order valence-electron chi connectivity index (χ3n) is 4.19. The van der Waals surface area contributed by atoms with Crippen molar-refractivity contribution in [3.05, 3.63) is 24.3 Å². The fourth-order valence-corrected chi connectivity index (χ4v) is 3.03. The topological polar surface area (TPSA) is 61.4 Å². The maximum Gasteiger partial charge on any atom is 0.228 e. The molecule has 2 N–H and O–H groups in total. The largest absolute Gasteiger partial charge is 0.324 e. The Morgan fingerprint density at radius 2 is 2.09 bits per heavy atom. The molecule has 1 aromatic rings. The highest BCUT2D eigenvalue weighted by Gasteiger charge is 2.26. The molecule has 1 aromatic carbocycles. The highest BCUT2D eigenvalue weighted by atomic mass is 35.5. The summed E-state index contributed by atoms with van der Waals surface area (Å²) in [6.07, 6.45) is 3.43. The number of halogens is 1. The molecule has 0 radical (unpaired) electrons. The molecule has 0 bridgehead atoms. The molecule has 0 spiro atoms.